The van der Waals surface area contributed by atoms with Crippen LogP contribution in [-0.2, 0) is 47.1 Å². The van der Waals surface area contributed by atoms with Crippen molar-refractivity contribution in [3.05, 3.63) is 0 Å². The standard InChI is InChI=1S/C28H58O10Si/c1-7-8-9-10-27(29)37-25-23-35-21-19-33-17-15-31-13-11-30-12-14-32-16-18-34-20-22-36-24-26-38-39(5,6)28(2,3)4/h7-26H2,1-6H3. The second-order valence-electron chi connectivity index (χ2n) is 10.6. The third kappa shape index (κ3) is 26.0. The minimum absolute atomic E-state index is 0.154. The number of esters is 1. The van der Waals surface area contributed by atoms with Crippen LogP contribution in [0.4, 0.5) is 0 Å². The maximum absolute atomic E-state index is 11.4. The number of rotatable bonds is 29. The van der Waals surface area contributed by atoms with Crippen LogP contribution in [0.1, 0.15) is 53.4 Å². The molecule has 0 aliphatic heterocycles. The van der Waals surface area contributed by atoms with E-state index in [0.29, 0.717) is 106 Å². The first-order valence-electron chi connectivity index (χ1n) is 14.5. The van der Waals surface area contributed by atoms with Gasteiger partial charge in [-0.3, -0.25) is 4.79 Å². The van der Waals surface area contributed by atoms with Crippen LogP contribution in [0.3, 0.4) is 0 Å². The zero-order valence-electron chi connectivity index (χ0n) is 25.7. The maximum Gasteiger partial charge on any atom is 0.305 e. The average Bonchev–Trinajstić information content (AvgIpc) is 2.88. The van der Waals surface area contributed by atoms with Gasteiger partial charge in [0.2, 0.25) is 0 Å². The van der Waals surface area contributed by atoms with Crippen molar-refractivity contribution < 1.29 is 47.1 Å². The van der Waals surface area contributed by atoms with Crippen LogP contribution in [0.5, 0.6) is 0 Å². The number of hydrogen-bond donors (Lipinski definition) is 0. The molecule has 0 heterocycles. The van der Waals surface area contributed by atoms with Crippen molar-refractivity contribution in [2.45, 2.75) is 71.5 Å². The molecular formula is C28H58O10Si. The number of carbonyl (C=O) groups is 1. The maximum atomic E-state index is 11.4. The highest BCUT2D eigenvalue weighted by Crippen LogP contribution is 2.36. The second-order valence-corrected chi connectivity index (χ2v) is 15.4. The molecule has 39 heavy (non-hydrogen) atoms. The number of ether oxygens (including phenoxy) is 8. The molecule has 0 fully saturated rings. The quantitative estimate of drug-likeness (QED) is 0.0723. The van der Waals surface area contributed by atoms with Gasteiger partial charge in [-0.25, -0.2) is 0 Å². The molecular weight excluding hydrogens is 524 g/mol. The summed E-state index contributed by atoms with van der Waals surface area (Å²) in [6.45, 7) is 21.3. The Labute approximate surface area is 238 Å². The second kappa shape index (κ2) is 26.3. The number of unbranched alkanes of at least 4 members (excludes halogenated alkanes) is 2. The van der Waals surface area contributed by atoms with Crippen molar-refractivity contribution in [2.24, 2.45) is 0 Å². The largest absolute Gasteiger partial charge is 0.463 e. The minimum atomic E-state index is -1.69. The third-order valence-electron chi connectivity index (χ3n) is 6.20. The van der Waals surface area contributed by atoms with Crippen LogP contribution in [0.25, 0.3) is 0 Å². The summed E-state index contributed by atoms with van der Waals surface area (Å²) in [5, 5.41) is 0.219. The normalized spacial score (nSPS) is 12.3. The molecule has 0 aliphatic rings. The summed E-state index contributed by atoms with van der Waals surface area (Å²) in [4.78, 5) is 11.4. The predicted octanol–water partition coefficient (Wildman–Crippen LogP) is 4.25. The first-order chi connectivity index (χ1) is 18.7. The zero-order chi connectivity index (χ0) is 29.1. The Morgan fingerprint density at radius 2 is 0.872 bits per heavy atom. The monoisotopic (exact) mass is 582 g/mol. The van der Waals surface area contributed by atoms with Gasteiger partial charge in [-0.05, 0) is 24.6 Å². The number of hydrogen-bond acceptors (Lipinski definition) is 10. The average molecular weight is 583 g/mol. The molecule has 0 spiro atoms. The van der Waals surface area contributed by atoms with Crippen LogP contribution in [0.15, 0.2) is 0 Å². The predicted molar refractivity (Wildman–Crippen MR) is 154 cm³/mol. The van der Waals surface area contributed by atoms with E-state index < -0.39 is 8.32 Å². The molecule has 0 rings (SSSR count). The van der Waals surface area contributed by atoms with Gasteiger partial charge in [0.05, 0.1) is 99.1 Å². The third-order valence-corrected chi connectivity index (χ3v) is 10.7. The van der Waals surface area contributed by atoms with E-state index in [9.17, 15) is 4.79 Å². The van der Waals surface area contributed by atoms with Gasteiger partial charge >= 0.3 is 5.97 Å². The SMILES string of the molecule is CCCCCC(=O)OCCOCCOCCOCCOCCOCCOCCOCCO[Si](C)(C)C(C)(C)C. The summed E-state index contributed by atoms with van der Waals surface area (Å²) in [5.41, 5.74) is 0. The van der Waals surface area contributed by atoms with E-state index in [4.69, 9.17) is 42.3 Å². The Bertz CT molecular complexity index is 543. The van der Waals surface area contributed by atoms with Gasteiger partial charge in [0.1, 0.15) is 6.61 Å². The molecule has 0 aromatic rings. The van der Waals surface area contributed by atoms with Gasteiger partial charge in [0, 0.05) is 6.42 Å². The summed E-state index contributed by atoms with van der Waals surface area (Å²) in [6.07, 6.45) is 3.51. The van der Waals surface area contributed by atoms with Crippen LogP contribution < -0.4 is 0 Å². The van der Waals surface area contributed by atoms with E-state index >= 15 is 0 Å². The van der Waals surface area contributed by atoms with Crippen LogP contribution in [-0.4, -0.2) is 120 Å². The van der Waals surface area contributed by atoms with Crippen molar-refractivity contribution in [1.82, 2.24) is 0 Å². The van der Waals surface area contributed by atoms with Gasteiger partial charge in [0.15, 0.2) is 8.32 Å². The van der Waals surface area contributed by atoms with E-state index in [0.717, 1.165) is 19.3 Å². The molecule has 0 aromatic carbocycles. The van der Waals surface area contributed by atoms with Crippen molar-refractivity contribution in [3.63, 3.8) is 0 Å². The summed E-state index contributed by atoms with van der Waals surface area (Å²) in [5.74, 6) is -0.154. The molecule has 10 nitrogen and oxygen atoms in total. The van der Waals surface area contributed by atoms with Crippen molar-refractivity contribution in [2.75, 3.05) is 106 Å². The molecule has 0 amide bonds. The van der Waals surface area contributed by atoms with Gasteiger partial charge in [-0.1, -0.05) is 40.5 Å². The Kier molecular flexibility index (Phi) is 25.9. The topological polar surface area (TPSA) is 100 Å². The fraction of sp³-hybridized carbons (Fsp3) is 0.964. The lowest BCUT2D eigenvalue weighted by Gasteiger charge is -2.36. The lowest BCUT2D eigenvalue weighted by Crippen LogP contribution is -2.41. The van der Waals surface area contributed by atoms with Crippen molar-refractivity contribution >= 4 is 14.3 Å². The molecule has 0 atom stereocenters. The molecule has 11 heteroatoms. The molecule has 0 saturated heterocycles. The van der Waals surface area contributed by atoms with E-state index in [-0.39, 0.29) is 17.6 Å². The molecule has 0 bridgehead atoms. The highest BCUT2D eigenvalue weighted by Gasteiger charge is 2.36. The zero-order valence-corrected chi connectivity index (χ0v) is 26.7. The first-order valence-corrected chi connectivity index (χ1v) is 17.5. The van der Waals surface area contributed by atoms with Crippen LogP contribution in [0.2, 0.25) is 18.1 Å². The first kappa shape index (κ1) is 38.4. The van der Waals surface area contributed by atoms with Crippen LogP contribution in [0, 0.1) is 0 Å². The highest BCUT2D eigenvalue weighted by molar-refractivity contribution is 6.74. The van der Waals surface area contributed by atoms with Crippen LogP contribution >= 0.6 is 0 Å². The van der Waals surface area contributed by atoms with Gasteiger partial charge in [-0.2, -0.15) is 0 Å². The summed E-state index contributed by atoms with van der Waals surface area (Å²) in [6, 6.07) is 0. The van der Waals surface area contributed by atoms with Gasteiger partial charge in [0.25, 0.3) is 0 Å². The van der Waals surface area contributed by atoms with Crippen molar-refractivity contribution in [1.29, 1.82) is 0 Å². The number of carbonyl (C=O) groups excluding carboxylic acids is 1. The molecule has 0 saturated carbocycles. The Balaban J connectivity index is 3.18. The Morgan fingerprint density at radius 3 is 1.21 bits per heavy atom. The minimum Gasteiger partial charge on any atom is -0.463 e. The van der Waals surface area contributed by atoms with E-state index in [2.05, 4.69) is 40.8 Å². The lowest BCUT2D eigenvalue weighted by molar-refractivity contribution is -0.145. The van der Waals surface area contributed by atoms with E-state index in [1.165, 1.54) is 0 Å². The van der Waals surface area contributed by atoms with Crippen molar-refractivity contribution in [3.8, 4) is 0 Å². The summed E-state index contributed by atoms with van der Waals surface area (Å²) in [7, 11) is -1.69. The van der Waals surface area contributed by atoms with Gasteiger partial charge in [-0.15, -0.1) is 0 Å². The fourth-order valence-corrected chi connectivity index (χ4v) is 3.83. The molecule has 0 aromatic heterocycles. The highest BCUT2D eigenvalue weighted by atomic mass is 28.4. The van der Waals surface area contributed by atoms with E-state index in [1.54, 1.807) is 0 Å². The molecule has 234 valence electrons. The Hall–Kier alpha value is -0.633. The molecule has 0 unspecified atom stereocenters. The summed E-state index contributed by atoms with van der Waals surface area (Å²) < 4.78 is 49.4. The molecule has 0 aliphatic carbocycles. The lowest BCUT2D eigenvalue weighted by atomic mass is 10.2. The smallest absolute Gasteiger partial charge is 0.305 e. The van der Waals surface area contributed by atoms with E-state index in [1.807, 2.05) is 0 Å². The molecule has 0 radical (unpaired) electrons. The summed E-state index contributed by atoms with van der Waals surface area (Å²) >= 11 is 0. The van der Waals surface area contributed by atoms with Gasteiger partial charge < -0.3 is 42.3 Å². The Morgan fingerprint density at radius 1 is 0.538 bits per heavy atom. The molecule has 0 N–H and O–H groups in total. The fourth-order valence-electron chi connectivity index (χ4n) is 2.80.